The lowest BCUT2D eigenvalue weighted by molar-refractivity contribution is 0.0939. The van der Waals surface area contributed by atoms with Gasteiger partial charge in [-0.05, 0) is 17.7 Å². The first-order valence-corrected chi connectivity index (χ1v) is 6.94. The van der Waals surface area contributed by atoms with E-state index in [4.69, 9.17) is 0 Å². The Hall–Kier alpha value is -2.82. The summed E-state index contributed by atoms with van der Waals surface area (Å²) < 4.78 is 0. The monoisotopic (exact) mass is 295 g/mol. The lowest BCUT2D eigenvalue weighted by Crippen LogP contribution is -2.07. The molecule has 112 valence electrons. The highest BCUT2D eigenvalue weighted by molar-refractivity contribution is 5.97. The zero-order valence-electron chi connectivity index (χ0n) is 12.5. The topological polar surface area (TPSA) is 71.4 Å². The number of rotatable bonds is 6. The normalized spacial score (nSPS) is 10.9. The molecule has 22 heavy (non-hydrogen) atoms. The zero-order chi connectivity index (χ0) is 15.9. The average molecular weight is 295 g/mol. The number of carbonyl (C=O) groups is 2. The van der Waals surface area contributed by atoms with Crippen molar-refractivity contribution >= 4 is 24.1 Å². The van der Waals surface area contributed by atoms with E-state index in [0.717, 1.165) is 11.8 Å². The quantitative estimate of drug-likeness (QED) is 0.384. The lowest BCUT2D eigenvalue weighted by Gasteiger charge is -2.04. The van der Waals surface area contributed by atoms with Gasteiger partial charge in [0.1, 0.15) is 12.1 Å². The Morgan fingerprint density at radius 3 is 2.36 bits per heavy atom. The summed E-state index contributed by atoms with van der Waals surface area (Å²) in [6.45, 7) is 3.71. The SMILES string of the molecule is CC(C)C(=O)c1ccc(N/N=C\c2ccc(C=O)cc2)nc1. The van der Waals surface area contributed by atoms with Crippen LogP contribution in [0.15, 0.2) is 47.7 Å². The van der Waals surface area contributed by atoms with E-state index >= 15 is 0 Å². The number of Topliss-reactive ketones (excluding diaryl/α,β-unsaturated/α-hetero) is 1. The van der Waals surface area contributed by atoms with Crippen molar-refractivity contribution in [3.63, 3.8) is 0 Å². The first kappa shape index (κ1) is 15.6. The standard InChI is InChI=1S/C17H17N3O2/c1-12(2)17(22)15-7-8-16(18-10-15)20-19-9-13-3-5-14(11-21)6-4-13/h3-12H,1-2H3,(H,18,20)/b19-9-. The summed E-state index contributed by atoms with van der Waals surface area (Å²) in [6.07, 6.45) is 3.96. The number of hydrogen-bond donors (Lipinski definition) is 1. The van der Waals surface area contributed by atoms with Crippen LogP contribution in [-0.2, 0) is 0 Å². The maximum Gasteiger partial charge on any atom is 0.166 e. The Morgan fingerprint density at radius 2 is 1.82 bits per heavy atom. The largest absolute Gasteiger partial charge is 0.298 e. The van der Waals surface area contributed by atoms with Crippen LogP contribution >= 0.6 is 0 Å². The van der Waals surface area contributed by atoms with Crippen molar-refractivity contribution in [2.24, 2.45) is 11.0 Å². The molecular weight excluding hydrogens is 278 g/mol. The fourth-order valence-electron chi connectivity index (χ4n) is 1.77. The van der Waals surface area contributed by atoms with Gasteiger partial charge in [-0.25, -0.2) is 4.98 Å². The minimum Gasteiger partial charge on any atom is -0.298 e. The molecule has 5 nitrogen and oxygen atoms in total. The van der Waals surface area contributed by atoms with Crippen LogP contribution in [0.1, 0.15) is 40.1 Å². The summed E-state index contributed by atoms with van der Waals surface area (Å²) in [6, 6.07) is 10.5. The van der Waals surface area contributed by atoms with Crippen molar-refractivity contribution < 1.29 is 9.59 Å². The number of benzene rings is 1. The number of aromatic nitrogens is 1. The van der Waals surface area contributed by atoms with Crippen molar-refractivity contribution in [1.29, 1.82) is 0 Å². The molecule has 1 aromatic carbocycles. The van der Waals surface area contributed by atoms with Crippen molar-refractivity contribution in [2.45, 2.75) is 13.8 Å². The third-order valence-corrected chi connectivity index (χ3v) is 3.04. The maximum absolute atomic E-state index is 11.8. The highest BCUT2D eigenvalue weighted by atomic mass is 16.1. The number of carbonyl (C=O) groups excluding carboxylic acids is 2. The van der Waals surface area contributed by atoms with Crippen LogP contribution in [0.25, 0.3) is 0 Å². The summed E-state index contributed by atoms with van der Waals surface area (Å²) >= 11 is 0. The van der Waals surface area contributed by atoms with Crippen LogP contribution < -0.4 is 5.43 Å². The molecule has 0 radical (unpaired) electrons. The van der Waals surface area contributed by atoms with E-state index in [1.807, 2.05) is 13.8 Å². The van der Waals surface area contributed by atoms with Gasteiger partial charge in [0.05, 0.1) is 6.21 Å². The minimum absolute atomic E-state index is 0.0482. The number of hydrazone groups is 1. The molecule has 0 aliphatic rings. The predicted octanol–water partition coefficient (Wildman–Crippen LogP) is 3.18. The maximum atomic E-state index is 11.8. The van der Waals surface area contributed by atoms with Gasteiger partial charge in [0, 0.05) is 23.2 Å². The second-order valence-electron chi connectivity index (χ2n) is 5.11. The number of ketones is 1. The second kappa shape index (κ2) is 7.26. The van der Waals surface area contributed by atoms with Crippen LogP contribution in [0.5, 0.6) is 0 Å². The molecule has 2 aromatic rings. The van der Waals surface area contributed by atoms with Crippen LogP contribution in [0.3, 0.4) is 0 Å². The van der Waals surface area contributed by atoms with Crippen LogP contribution in [0.2, 0.25) is 0 Å². The van der Waals surface area contributed by atoms with E-state index in [9.17, 15) is 9.59 Å². The Balaban J connectivity index is 1.97. The van der Waals surface area contributed by atoms with E-state index in [1.54, 1.807) is 48.8 Å². The van der Waals surface area contributed by atoms with Crippen molar-refractivity contribution in [3.05, 3.63) is 59.3 Å². The van der Waals surface area contributed by atoms with Crippen LogP contribution in [0.4, 0.5) is 5.82 Å². The van der Waals surface area contributed by atoms with E-state index in [1.165, 1.54) is 0 Å². The fraction of sp³-hybridized carbons (Fsp3) is 0.176. The van der Waals surface area contributed by atoms with Gasteiger partial charge < -0.3 is 0 Å². The molecule has 1 heterocycles. The molecule has 0 aliphatic heterocycles. The zero-order valence-corrected chi connectivity index (χ0v) is 12.5. The number of pyridine rings is 1. The van der Waals surface area contributed by atoms with E-state index < -0.39 is 0 Å². The van der Waals surface area contributed by atoms with Gasteiger partial charge in [0.15, 0.2) is 5.78 Å². The van der Waals surface area contributed by atoms with E-state index in [0.29, 0.717) is 16.9 Å². The smallest absolute Gasteiger partial charge is 0.166 e. The van der Waals surface area contributed by atoms with Gasteiger partial charge in [-0.1, -0.05) is 38.1 Å². The molecule has 2 rings (SSSR count). The fourth-order valence-corrected chi connectivity index (χ4v) is 1.77. The van der Waals surface area contributed by atoms with Crippen molar-refractivity contribution in [1.82, 2.24) is 4.98 Å². The molecule has 0 saturated heterocycles. The lowest BCUT2D eigenvalue weighted by atomic mass is 10.0. The molecule has 0 atom stereocenters. The molecule has 0 fully saturated rings. The summed E-state index contributed by atoms with van der Waals surface area (Å²) in [5.74, 6) is 0.576. The Labute approximate surface area is 129 Å². The van der Waals surface area contributed by atoms with E-state index in [2.05, 4.69) is 15.5 Å². The highest BCUT2D eigenvalue weighted by Crippen LogP contribution is 2.10. The van der Waals surface area contributed by atoms with Gasteiger partial charge in [-0.3, -0.25) is 15.0 Å². The number of anilines is 1. The number of aldehydes is 1. The van der Waals surface area contributed by atoms with Gasteiger partial charge in [0.25, 0.3) is 0 Å². The van der Waals surface area contributed by atoms with Crippen LogP contribution in [-0.4, -0.2) is 23.3 Å². The van der Waals surface area contributed by atoms with Gasteiger partial charge in [-0.2, -0.15) is 5.10 Å². The van der Waals surface area contributed by atoms with Crippen molar-refractivity contribution in [3.8, 4) is 0 Å². The Bertz CT molecular complexity index is 674. The molecular formula is C17H17N3O2. The first-order valence-electron chi connectivity index (χ1n) is 6.94. The number of hydrogen-bond acceptors (Lipinski definition) is 5. The molecule has 0 saturated carbocycles. The molecule has 0 amide bonds. The highest BCUT2D eigenvalue weighted by Gasteiger charge is 2.10. The summed E-state index contributed by atoms with van der Waals surface area (Å²) in [5.41, 5.74) is 4.87. The summed E-state index contributed by atoms with van der Waals surface area (Å²) in [7, 11) is 0. The van der Waals surface area contributed by atoms with Crippen molar-refractivity contribution in [2.75, 3.05) is 5.43 Å². The number of nitrogens with zero attached hydrogens (tertiary/aromatic N) is 2. The predicted molar refractivity (Wildman–Crippen MR) is 86.5 cm³/mol. The third-order valence-electron chi connectivity index (χ3n) is 3.04. The molecule has 0 unspecified atom stereocenters. The minimum atomic E-state index is -0.0482. The summed E-state index contributed by atoms with van der Waals surface area (Å²) in [4.78, 5) is 26.5. The Morgan fingerprint density at radius 1 is 1.14 bits per heavy atom. The average Bonchev–Trinajstić information content (AvgIpc) is 2.55. The summed E-state index contributed by atoms with van der Waals surface area (Å²) in [5, 5.41) is 4.07. The molecule has 0 aliphatic carbocycles. The third kappa shape index (κ3) is 4.09. The molecule has 5 heteroatoms. The van der Waals surface area contributed by atoms with Gasteiger partial charge in [-0.15, -0.1) is 0 Å². The Kier molecular flexibility index (Phi) is 5.14. The second-order valence-corrected chi connectivity index (χ2v) is 5.11. The molecule has 0 spiro atoms. The first-order chi connectivity index (χ1) is 10.6. The molecule has 1 aromatic heterocycles. The van der Waals surface area contributed by atoms with E-state index in [-0.39, 0.29) is 11.7 Å². The van der Waals surface area contributed by atoms with Crippen LogP contribution in [0, 0.1) is 5.92 Å². The molecule has 0 bridgehead atoms. The van der Waals surface area contributed by atoms with Gasteiger partial charge in [0.2, 0.25) is 0 Å². The van der Waals surface area contributed by atoms with Gasteiger partial charge >= 0.3 is 0 Å². The number of nitrogens with one attached hydrogen (secondary N) is 1. The molecule has 1 N–H and O–H groups in total.